The van der Waals surface area contributed by atoms with Crippen LogP contribution in [0.3, 0.4) is 0 Å². The number of carbonyl (C=O) groups excluding carboxylic acids is 2. The van der Waals surface area contributed by atoms with Crippen molar-refractivity contribution in [3.05, 3.63) is 102 Å². The van der Waals surface area contributed by atoms with Crippen LogP contribution in [-0.4, -0.2) is 49.0 Å². The van der Waals surface area contributed by atoms with E-state index in [2.05, 4.69) is 10.6 Å². The first kappa shape index (κ1) is 23.9. The molecule has 0 bridgehead atoms. The zero-order valence-corrected chi connectivity index (χ0v) is 19.4. The van der Waals surface area contributed by atoms with Gasteiger partial charge in [-0.15, -0.1) is 0 Å². The van der Waals surface area contributed by atoms with E-state index in [0.29, 0.717) is 38.4 Å². The maximum atomic E-state index is 12.8. The number of amides is 2. The summed E-state index contributed by atoms with van der Waals surface area (Å²) in [4.78, 5) is 26.9. The van der Waals surface area contributed by atoms with Crippen molar-refractivity contribution in [2.45, 2.75) is 6.54 Å². The van der Waals surface area contributed by atoms with Gasteiger partial charge in [-0.3, -0.25) is 20.3 Å². The third-order valence-corrected chi connectivity index (χ3v) is 5.62. The highest BCUT2D eigenvalue weighted by atomic mass is 16.5. The van der Waals surface area contributed by atoms with Crippen LogP contribution in [0.4, 0.5) is 0 Å². The molecule has 0 radical (unpaired) electrons. The number of ether oxygens (including phenoxy) is 1. The number of benzene rings is 3. The Labute approximate surface area is 204 Å². The molecule has 0 spiro atoms. The van der Waals surface area contributed by atoms with Gasteiger partial charge < -0.3 is 15.0 Å². The summed E-state index contributed by atoms with van der Waals surface area (Å²) in [6.07, 6.45) is 3.10. The minimum Gasteiger partial charge on any atom is -0.378 e. The van der Waals surface area contributed by atoms with Crippen molar-refractivity contribution in [2.24, 2.45) is 0 Å². The Bertz CT molecular complexity index is 1220. The molecule has 3 aromatic carbocycles. The normalized spacial score (nSPS) is 13.4. The van der Waals surface area contributed by atoms with Crippen LogP contribution in [0.5, 0.6) is 0 Å². The maximum Gasteiger partial charge on any atom is 0.254 e. The highest BCUT2D eigenvalue weighted by molar-refractivity contribution is 6.03. The molecule has 1 fully saturated rings. The second kappa shape index (κ2) is 11.8. The number of morpholine rings is 1. The highest BCUT2D eigenvalue weighted by Gasteiger charge is 2.18. The van der Waals surface area contributed by atoms with Gasteiger partial charge >= 0.3 is 0 Å². The second-order valence-corrected chi connectivity index (χ2v) is 8.15. The molecule has 3 N–H and O–H groups in total. The third kappa shape index (κ3) is 6.88. The molecule has 35 heavy (non-hydrogen) atoms. The first-order valence-electron chi connectivity index (χ1n) is 11.5. The van der Waals surface area contributed by atoms with Crippen LogP contribution in [0.25, 0.3) is 17.2 Å². The molecule has 1 saturated heterocycles. The summed E-state index contributed by atoms with van der Waals surface area (Å²) in [5.41, 5.74) is 4.38. The second-order valence-electron chi connectivity index (χ2n) is 8.15. The lowest BCUT2D eigenvalue weighted by Crippen LogP contribution is -2.40. The van der Waals surface area contributed by atoms with E-state index in [4.69, 9.17) is 10.1 Å². The van der Waals surface area contributed by atoms with Gasteiger partial charge in [-0.2, -0.15) is 0 Å². The van der Waals surface area contributed by atoms with Crippen LogP contribution < -0.4 is 10.6 Å². The van der Waals surface area contributed by atoms with E-state index >= 15 is 0 Å². The zero-order chi connectivity index (χ0) is 24.5. The van der Waals surface area contributed by atoms with Gasteiger partial charge in [0.15, 0.2) is 5.96 Å². The number of hydrogen-bond donors (Lipinski definition) is 3. The van der Waals surface area contributed by atoms with Crippen molar-refractivity contribution in [2.75, 3.05) is 26.3 Å². The predicted molar refractivity (Wildman–Crippen MR) is 137 cm³/mol. The molecule has 0 saturated carbocycles. The smallest absolute Gasteiger partial charge is 0.254 e. The van der Waals surface area contributed by atoms with Gasteiger partial charge in [-0.1, -0.05) is 60.7 Å². The van der Waals surface area contributed by atoms with Crippen LogP contribution in [-0.2, 0) is 16.1 Å². The van der Waals surface area contributed by atoms with Gasteiger partial charge in [0.2, 0.25) is 0 Å². The fourth-order valence-electron chi connectivity index (χ4n) is 3.77. The van der Waals surface area contributed by atoms with Crippen molar-refractivity contribution in [3.8, 4) is 11.1 Å². The molecule has 178 valence electrons. The van der Waals surface area contributed by atoms with Gasteiger partial charge in [0.05, 0.1) is 13.2 Å². The molecule has 3 aromatic rings. The van der Waals surface area contributed by atoms with Crippen molar-refractivity contribution in [3.63, 3.8) is 0 Å². The molecule has 4 rings (SSSR count). The molecule has 0 aromatic heterocycles. The average molecular weight is 469 g/mol. The van der Waals surface area contributed by atoms with E-state index in [1.54, 1.807) is 6.08 Å². The first-order valence-corrected chi connectivity index (χ1v) is 11.5. The fraction of sp³-hybridized carbons (Fsp3) is 0.179. The summed E-state index contributed by atoms with van der Waals surface area (Å²) in [5, 5.41) is 13.3. The fourth-order valence-corrected chi connectivity index (χ4v) is 3.77. The first-order chi connectivity index (χ1) is 17.1. The van der Waals surface area contributed by atoms with Crippen molar-refractivity contribution >= 4 is 23.8 Å². The molecule has 1 heterocycles. The van der Waals surface area contributed by atoms with Crippen LogP contribution in [0.2, 0.25) is 0 Å². The van der Waals surface area contributed by atoms with Gasteiger partial charge in [-0.25, -0.2) is 0 Å². The molecular formula is C28H28N4O3. The summed E-state index contributed by atoms with van der Waals surface area (Å²) in [7, 11) is 0. The number of carbonyl (C=O) groups is 2. The topological polar surface area (TPSA) is 94.5 Å². The van der Waals surface area contributed by atoms with Crippen molar-refractivity contribution in [1.82, 2.24) is 15.5 Å². The van der Waals surface area contributed by atoms with Crippen LogP contribution in [0.15, 0.2) is 84.9 Å². The largest absolute Gasteiger partial charge is 0.378 e. The lowest BCUT2D eigenvalue weighted by Gasteiger charge is -2.27. The Morgan fingerprint density at radius 2 is 1.63 bits per heavy atom. The number of nitrogens with one attached hydrogen (secondary N) is 3. The minimum atomic E-state index is -0.390. The quantitative estimate of drug-likeness (QED) is 0.292. The van der Waals surface area contributed by atoms with Gasteiger partial charge in [0.25, 0.3) is 11.8 Å². The van der Waals surface area contributed by atoms with Crippen LogP contribution in [0, 0.1) is 5.41 Å². The highest BCUT2D eigenvalue weighted by Crippen LogP contribution is 2.23. The van der Waals surface area contributed by atoms with Gasteiger partial charge in [0.1, 0.15) is 0 Å². The van der Waals surface area contributed by atoms with Gasteiger partial charge in [-0.05, 0) is 46.5 Å². The molecule has 7 heteroatoms. The standard InChI is InChI=1S/C28H28N4O3/c29-28(30-20-22-6-2-1-3-7-22)31-26(33)13-12-21-8-4-9-23(18-21)24-10-5-11-25(19-24)27(34)32-14-16-35-17-15-32/h1-13,18-19H,14-17,20H2,(H3,29,30,31,33). The molecule has 0 atom stereocenters. The predicted octanol–water partition coefficient (Wildman–Crippen LogP) is 3.68. The summed E-state index contributed by atoms with van der Waals surface area (Å²) in [5.74, 6) is -0.440. The maximum absolute atomic E-state index is 12.8. The SMILES string of the molecule is N=C(NCc1ccccc1)NC(=O)C=Cc1cccc(-c2cccc(C(=O)N3CCOCC3)c2)c1. The lowest BCUT2D eigenvalue weighted by molar-refractivity contribution is -0.115. The van der Waals surface area contributed by atoms with E-state index < -0.39 is 0 Å². The Morgan fingerprint density at radius 3 is 2.40 bits per heavy atom. The van der Waals surface area contributed by atoms with E-state index in [0.717, 1.165) is 22.3 Å². The van der Waals surface area contributed by atoms with E-state index in [-0.39, 0.29) is 17.8 Å². The number of nitrogens with zero attached hydrogens (tertiary/aromatic N) is 1. The van der Waals surface area contributed by atoms with Crippen LogP contribution in [0.1, 0.15) is 21.5 Å². The molecule has 2 amide bonds. The van der Waals surface area contributed by atoms with E-state index in [9.17, 15) is 9.59 Å². The Kier molecular flexibility index (Phi) is 8.04. The number of guanidine groups is 1. The zero-order valence-electron chi connectivity index (χ0n) is 19.4. The average Bonchev–Trinajstić information content (AvgIpc) is 2.91. The van der Waals surface area contributed by atoms with Crippen molar-refractivity contribution < 1.29 is 14.3 Å². The van der Waals surface area contributed by atoms with Crippen molar-refractivity contribution in [1.29, 1.82) is 5.41 Å². The van der Waals surface area contributed by atoms with E-state index in [1.165, 1.54) is 6.08 Å². The summed E-state index contributed by atoms with van der Waals surface area (Å²) in [6.45, 7) is 2.79. The third-order valence-electron chi connectivity index (χ3n) is 5.62. The molecule has 0 aliphatic carbocycles. The Hall–Kier alpha value is -4.23. The summed E-state index contributed by atoms with van der Waals surface area (Å²) >= 11 is 0. The Morgan fingerprint density at radius 1 is 0.914 bits per heavy atom. The monoisotopic (exact) mass is 468 g/mol. The van der Waals surface area contributed by atoms with E-state index in [1.807, 2.05) is 83.8 Å². The summed E-state index contributed by atoms with van der Waals surface area (Å²) in [6, 6.07) is 25.0. The lowest BCUT2D eigenvalue weighted by atomic mass is 10.0. The molecule has 0 unspecified atom stereocenters. The number of rotatable bonds is 6. The van der Waals surface area contributed by atoms with Crippen LogP contribution >= 0.6 is 0 Å². The minimum absolute atomic E-state index is 0.00573. The van der Waals surface area contributed by atoms with Gasteiger partial charge in [0, 0.05) is 31.3 Å². The molecule has 1 aliphatic rings. The Balaban J connectivity index is 1.36. The molecule has 1 aliphatic heterocycles. The molecular weight excluding hydrogens is 440 g/mol. The molecule has 7 nitrogen and oxygen atoms in total. The summed E-state index contributed by atoms with van der Waals surface area (Å²) < 4.78 is 5.34. The number of hydrogen-bond acceptors (Lipinski definition) is 4.